The van der Waals surface area contributed by atoms with Gasteiger partial charge in [-0.2, -0.15) is 0 Å². The summed E-state index contributed by atoms with van der Waals surface area (Å²) in [6.45, 7) is 1.75. The largest absolute Gasteiger partial charge is 0.356 e. The smallest absolute Gasteiger partial charge is 0.226 e. The van der Waals surface area contributed by atoms with Crippen molar-refractivity contribution >= 4 is 16.9 Å². The Kier molecular flexibility index (Phi) is 3.87. The number of rotatable bonds is 4. The van der Waals surface area contributed by atoms with E-state index >= 15 is 0 Å². The van der Waals surface area contributed by atoms with Crippen LogP contribution in [0.2, 0.25) is 0 Å². The van der Waals surface area contributed by atoms with E-state index in [0.29, 0.717) is 16.8 Å². The van der Waals surface area contributed by atoms with Crippen molar-refractivity contribution in [2.75, 3.05) is 0 Å². The topological polar surface area (TPSA) is 55.1 Å². The number of para-hydroxylation sites is 1. The Morgan fingerprint density at radius 1 is 1.23 bits per heavy atom. The fourth-order valence-corrected chi connectivity index (χ4v) is 2.41. The molecule has 0 saturated heterocycles. The van der Waals surface area contributed by atoms with Crippen molar-refractivity contribution in [2.24, 2.45) is 0 Å². The number of fused-ring (bicyclic) bond motifs is 1. The Bertz CT molecular complexity index is 813. The van der Waals surface area contributed by atoms with E-state index < -0.39 is 6.04 Å². The lowest BCUT2D eigenvalue weighted by molar-refractivity contribution is -0.121. The first-order chi connectivity index (χ1) is 10.6. The third-order valence-electron chi connectivity index (χ3n) is 3.53. The summed E-state index contributed by atoms with van der Waals surface area (Å²) in [6, 6.07) is 13.4. The van der Waals surface area contributed by atoms with Crippen LogP contribution in [-0.2, 0) is 11.2 Å². The molecule has 3 aromatic rings. The number of benzene rings is 2. The van der Waals surface area contributed by atoms with Crippen LogP contribution < -0.4 is 5.32 Å². The predicted octanol–water partition coefficient (Wildman–Crippen LogP) is 3.39. The van der Waals surface area contributed by atoms with E-state index in [2.05, 4.69) is 10.5 Å². The molecule has 112 valence electrons. The molecule has 2 aromatic carbocycles. The van der Waals surface area contributed by atoms with Crippen molar-refractivity contribution in [2.45, 2.75) is 19.4 Å². The van der Waals surface area contributed by atoms with Gasteiger partial charge in [-0.25, -0.2) is 4.39 Å². The first-order valence-corrected chi connectivity index (χ1v) is 7.02. The second-order valence-corrected chi connectivity index (χ2v) is 5.11. The van der Waals surface area contributed by atoms with Crippen LogP contribution in [0.25, 0.3) is 11.0 Å². The number of aromatic nitrogens is 1. The normalized spacial score (nSPS) is 12.3. The van der Waals surface area contributed by atoms with E-state index in [9.17, 15) is 9.18 Å². The molecule has 4 nitrogen and oxygen atoms in total. The first-order valence-electron chi connectivity index (χ1n) is 7.02. The van der Waals surface area contributed by atoms with Crippen molar-refractivity contribution < 1.29 is 13.7 Å². The van der Waals surface area contributed by atoms with E-state index in [-0.39, 0.29) is 18.1 Å². The van der Waals surface area contributed by atoms with Crippen molar-refractivity contribution in [3.8, 4) is 0 Å². The highest BCUT2D eigenvalue weighted by atomic mass is 19.1. The summed E-state index contributed by atoms with van der Waals surface area (Å²) in [6.07, 6.45) is 0.0931. The van der Waals surface area contributed by atoms with Crippen LogP contribution in [0.4, 0.5) is 4.39 Å². The predicted molar refractivity (Wildman–Crippen MR) is 80.7 cm³/mol. The highest BCUT2D eigenvalue weighted by Gasteiger charge is 2.16. The van der Waals surface area contributed by atoms with E-state index in [1.165, 1.54) is 6.07 Å². The number of hydrogen-bond donors (Lipinski definition) is 1. The van der Waals surface area contributed by atoms with E-state index in [1.807, 2.05) is 18.2 Å². The van der Waals surface area contributed by atoms with Gasteiger partial charge in [-0.15, -0.1) is 0 Å². The molecule has 1 amide bonds. The Morgan fingerprint density at radius 3 is 2.77 bits per heavy atom. The summed E-state index contributed by atoms with van der Waals surface area (Å²) < 4.78 is 18.9. The van der Waals surface area contributed by atoms with Gasteiger partial charge in [0.2, 0.25) is 5.91 Å². The third kappa shape index (κ3) is 2.83. The van der Waals surface area contributed by atoms with Crippen molar-refractivity contribution in [1.82, 2.24) is 10.5 Å². The van der Waals surface area contributed by atoms with E-state index in [4.69, 9.17) is 4.52 Å². The second kappa shape index (κ2) is 5.97. The highest BCUT2D eigenvalue weighted by Crippen LogP contribution is 2.19. The highest BCUT2D eigenvalue weighted by molar-refractivity contribution is 5.86. The molecule has 1 atom stereocenters. The van der Waals surface area contributed by atoms with Crippen molar-refractivity contribution in [3.63, 3.8) is 0 Å². The molecule has 22 heavy (non-hydrogen) atoms. The molecule has 0 radical (unpaired) electrons. The Labute approximate surface area is 126 Å². The van der Waals surface area contributed by atoms with Crippen LogP contribution in [0.1, 0.15) is 24.2 Å². The van der Waals surface area contributed by atoms with E-state index in [1.54, 1.807) is 31.2 Å². The lowest BCUT2D eigenvalue weighted by atomic mass is 10.1. The number of amides is 1. The van der Waals surface area contributed by atoms with Gasteiger partial charge < -0.3 is 9.84 Å². The van der Waals surface area contributed by atoms with Crippen LogP contribution in [0, 0.1) is 5.82 Å². The third-order valence-corrected chi connectivity index (χ3v) is 3.53. The van der Waals surface area contributed by atoms with Gasteiger partial charge >= 0.3 is 0 Å². The number of halogens is 1. The van der Waals surface area contributed by atoms with Gasteiger partial charge in [0.1, 0.15) is 11.5 Å². The van der Waals surface area contributed by atoms with Crippen molar-refractivity contribution in [1.29, 1.82) is 0 Å². The van der Waals surface area contributed by atoms with Gasteiger partial charge in [-0.1, -0.05) is 35.5 Å². The van der Waals surface area contributed by atoms with Gasteiger partial charge in [0.15, 0.2) is 5.58 Å². The van der Waals surface area contributed by atoms with E-state index in [0.717, 1.165) is 5.39 Å². The number of nitrogens with zero attached hydrogens (tertiary/aromatic N) is 1. The minimum absolute atomic E-state index is 0.0931. The minimum Gasteiger partial charge on any atom is -0.356 e. The van der Waals surface area contributed by atoms with Gasteiger partial charge in [-0.3, -0.25) is 4.79 Å². The monoisotopic (exact) mass is 298 g/mol. The maximum Gasteiger partial charge on any atom is 0.226 e. The molecule has 0 saturated carbocycles. The first kappa shape index (κ1) is 14.3. The van der Waals surface area contributed by atoms with Gasteiger partial charge in [-0.05, 0) is 25.1 Å². The van der Waals surface area contributed by atoms with Gasteiger partial charge in [0.25, 0.3) is 0 Å². The molecule has 1 aromatic heterocycles. The minimum atomic E-state index is -0.410. The maximum absolute atomic E-state index is 13.7. The average molecular weight is 298 g/mol. The molecule has 0 aliphatic heterocycles. The van der Waals surface area contributed by atoms with Crippen LogP contribution in [0.5, 0.6) is 0 Å². The fourth-order valence-electron chi connectivity index (χ4n) is 2.41. The Morgan fingerprint density at radius 2 is 1.95 bits per heavy atom. The molecule has 0 bridgehead atoms. The molecular formula is C17H15FN2O2. The standard InChI is InChI=1S/C17H15FN2O2/c1-11(12-6-2-4-8-14(12)18)19-17(21)10-15-13-7-3-5-9-16(13)22-20-15/h2-9,11H,10H2,1H3,(H,19,21)/t11-/m1/s1. The summed E-state index contributed by atoms with van der Waals surface area (Å²) in [5.41, 5.74) is 1.68. The molecular weight excluding hydrogens is 283 g/mol. The molecule has 1 heterocycles. The summed E-state index contributed by atoms with van der Waals surface area (Å²) in [5, 5.41) is 7.52. The molecule has 0 fully saturated rings. The molecule has 0 aliphatic rings. The van der Waals surface area contributed by atoms with Crippen LogP contribution in [-0.4, -0.2) is 11.1 Å². The number of hydrogen-bond acceptors (Lipinski definition) is 3. The lowest BCUT2D eigenvalue weighted by Gasteiger charge is -2.14. The molecule has 3 rings (SSSR count). The number of carbonyl (C=O) groups is 1. The zero-order chi connectivity index (χ0) is 15.5. The lowest BCUT2D eigenvalue weighted by Crippen LogP contribution is -2.28. The Balaban J connectivity index is 1.71. The van der Waals surface area contributed by atoms with Crippen LogP contribution in [0.15, 0.2) is 53.1 Å². The quantitative estimate of drug-likeness (QED) is 0.803. The van der Waals surface area contributed by atoms with Gasteiger partial charge in [0, 0.05) is 10.9 Å². The fraction of sp³-hybridized carbons (Fsp3) is 0.176. The zero-order valence-corrected chi connectivity index (χ0v) is 12.0. The van der Waals surface area contributed by atoms with Crippen LogP contribution >= 0.6 is 0 Å². The molecule has 0 aliphatic carbocycles. The average Bonchev–Trinajstić information content (AvgIpc) is 2.91. The summed E-state index contributed by atoms with van der Waals surface area (Å²) in [5.74, 6) is -0.558. The summed E-state index contributed by atoms with van der Waals surface area (Å²) in [4.78, 5) is 12.1. The molecule has 0 unspecified atom stereocenters. The molecule has 5 heteroatoms. The van der Waals surface area contributed by atoms with Gasteiger partial charge in [0.05, 0.1) is 12.5 Å². The van der Waals surface area contributed by atoms with Crippen molar-refractivity contribution in [3.05, 3.63) is 65.6 Å². The SMILES string of the molecule is C[C@@H](NC(=O)Cc1noc2ccccc12)c1ccccc1F. The number of carbonyl (C=O) groups excluding carboxylic acids is 1. The Hall–Kier alpha value is -2.69. The van der Waals surface area contributed by atoms with Crippen LogP contribution in [0.3, 0.4) is 0 Å². The molecule has 1 N–H and O–H groups in total. The second-order valence-electron chi connectivity index (χ2n) is 5.11. The summed E-state index contributed by atoms with van der Waals surface area (Å²) in [7, 11) is 0. The summed E-state index contributed by atoms with van der Waals surface area (Å²) >= 11 is 0. The zero-order valence-electron chi connectivity index (χ0n) is 12.0. The maximum atomic E-state index is 13.7. The molecule has 0 spiro atoms. The number of nitrogens with one attached hydrogen (secondary N) is 1.